The number of hydrogen-bond acceptors (Lipinski definition) is 6. The number of allylic oxidation sites excluding steroid dienone is 1. The van der Waals surface area contributed by atoms with E-state index in [1.54, 1.807) is 30.3 Å². The van der Waals surface area contributed by atoms with Crippen molar-refractivity contribution in [1.82, 2.24) is 10.6 Å². The summed E-state index contributed by atoms with van der Waals surface area (Å²) in [4.78, 5) is 35.6. The molecule has 1 aliphatic carbocycles. The SMILES string of the molecule is COc1cccc(/C=C(\C#N)C(=O)OCC(=O)NC(=O)NCCC2=CCCCC2)c1. The number of urea groups is 1. The molecular formula is C22H25N3O5. The van der Waals surface area contributed by atoms with E-state index in [0.29, 0.717) is 17.9 Å². The summed E-state index contributed by atoms with van der Waals surface area (Å²) in [6.07, 6.45) is 8.75. The summed E-state index contributed by atoms with van der Waals surface area (Å²) in [6.45, 7) is -0.249. The molecule has 1 aromatic carbocycles. The van der Waals surface area contributed by atoms with Gasteiger partial charge in [-0.3, -0.25) is 10.1 Å². The Morgan fingerprint density at radius 2 is 2.10 bits per heavy atom. The minimum absolute atomic E-state index is 0.277. The summed E-state index contributed by atoms with van der Waals surface area (Å²) in [7, 11) is 1.50. The van der Waals surface area contributed by atoms with Gasteiger partial charge in [0.25, 0.3) is 5.91 Å². The van der Waals surface area contributed by atoms with E-state index in [1.165, 1.54) is 31.6 Å². The second kappa shape index (κ2) is 12.1. The predicted molar refractivity (Wildman–Crippen MR) is 110 cm³/mol. The Balaban J connectivity index is 1.76. The van der Waals surface area contributed by atoms with Gasteiger partial charge >= 0.3 is 12.0 Å². The minimum atomic E-state index is -0.958. The average Bonchev–Trinajstić information content (AvgIpc) is 2.76. The lowest BCUT2D eigenvalue weighted by molar-refractivity contribution is -0.144. The Kier molecular flexibility index (Phi) is 9.13. The van der Waals surface area contributed by atoms with Gasteiger partial charge in [-0.05, 0) is 55.9 Å². The highest BCUT2D eigenvalue weighted by Gasteiger charge is 2.15. The molecule has 0 bridgehead atoms. The summed E-state index contributed by atoms with van der Waals surface area (Å²) in [6, 6.07) is 7.86. The monoisotopic (exact) mass is 411 g/mol. The number of nitrogens with zero attached hydrogens (tertiary/aromatic N) is 1. The fourth-order valence-corrected chi connectivity index (χ4v) is 2.92. The maximum atomic E-state index is 12.0. The fraction of sp³-hybridized carbons (Fsp3) is 0.364. The number of amides is 3. The Labute approximate surface area is 175 Å². The van der Waals surface area contributed by atoms with Gasteiger partial charge in [-0.25, -0.2) is 9.59 Å². The van der Waals surface area contributed by atoms with E-state index in [0.717, 1.165) is 19.3 Å². The molecule has 0 aromatic heterocycles. The molecule has 0 atom stereocenters. The molecule has 0 radical (unpaired) electrons. The number of imide groups is 1. The van der Waals surface area contributed by atoms with Gasteiger partial charge < -0.3 is 14.8 Å². The molecule has 0 saturated carbocycles. The first-order valence-electron chi connectivity index (χ1n) is 9.70. The molecule has 0 aliphatic heterocycles. The number of methoxy groups -OCH3 is 1. The topological polar surface area (TPSA) is 118 Å². The number of esters is 1. The second-order valence-electron chi connectivity index (χ2n) is 6.68. The largest absolute Gasteiger partial charge is 0.497 e. The van der Waals surface area contributed by atoms with Crippen molar-refractivity contribution in [3.8, 4) is 11.8 Å². The van der Waals surface area contributed by atoms with Crippen LogP contribution in [0.1, 0.15) is 37.7 Å². The number of nitriles is 1. The van der Waals surface area contributed by atoms with Crippen molar-refractivity contribution in [1.29, 1.82) is 5.26 Å². The second-order valence-corrected chi connectivity index (χ2v) is 6.68. The maximum Gasteiger partial charge on any atom is 0.349 e. The van der Waals surface area contributed by atoms with Crippen LogP contribution in [-0.2, 0) is 14.3 Å². The van der Waals surface area contributed by atoms with Crippen molar-refractivity contribution in [3.05, 3.63) is 47.1 Å². The first-order chi connectivity index (χ1) is 14.5. The van der Waals surface area contributed by atoms with Crippen LogP contribution in [0.4, 0.5) is 4.79 Å². The third kappa shape index (κ3) is 7.80. The summed E-state index contributed by atoms with van der Waals surface area (Å²) in [5.41, 5.74) is 1.61. The van der Waals surface area contributed by atoms with Crippen molar-refractivity contribution in [2.75, 3.05) is 20.3 Å². The molecule has 1 aromatic rings. The van der Waals surface area contributed by atoms with Gasteiger partial charge in [-0.15, -0.1) is 0 Å². The van der Waals surface area contributed by atoms with Gasteiger partial charge in [0.1, 0.15) is 17.4 Å². The maximum absolute atomic E-state index is 12.0. The lowest BCUT2D eigenvalue weighted by Gasteiger charge is -2.13. The minimum Gasteiger partial charge on any atom is -0.497 e. The van der Waals surface area contributed by atoms with Crippen LogP contribution in [0.2, 0.25) is 0 Å². The Bertz CT molecular complexity index is 883. The zero-order valence-corrected chi connectivity index (χ0v) is 16.9. The number of benzene rings is 1. The Morgan fingerprint density at radius 3 is 2.80 bits per heavy atom. The molecule has 0 heterocycles. The molecule has 0 spiro atoms. The molecule has 0 fully saturated rings. The zero-order valence-electron chi connectivity index (χ0n) is 16.9. The number of ether oxygens (including phenoxy) is 2. The standard InChI is InChI=1S/C22H25N3O5/c1-29-19-9-5-8-17(13-19)12-18(14-23)21(27)30-15-20(26)25-22(28)24-11-10-16-6-3-2-4-7-16/h5-6,8-9,12-13H,2-4,7,10-11,15H2,1H3,(H2,24,25,26,28)/b18-12+. The number of carbonyl (C=O) groups excluding carboxylic acids is 3. The molecule has 8 nitrogen and oxygen atoms in total. The van der Waals surface area contributed by atoms with E-state index in [9.17, 15) is 19.6 Å². The number of hydrogen-bond donors (Lipinski definition) is 2. The van der Waals surface area contributed by atoms with Crippen LogP contribution in [-0.4, -0.2) is 38.2 Å². The van der Waals surface area contributed by atoms with E-state index in [1.807, 2.05) is 0 Å². The molecule has 2 rings (SSSR count). The van der Waals surface area contributed by atoms with Crippen molar-refractivity contribution < 1.29 is 23.9 Å². The predicted octanol–water partition coefficient (Wildman–Crippen LogP) is 2.86. The molecule has 3 amide bonds. The highest BCUT2D eigenvalue weighted by molar-refractivity contribution is 6.00. The Morgan fingerprint density at radius 1 is 1.27 bits per heavy atom. The van der Waals surface area contributed by atoms with Crippen LogP contribution in [0.3, 0.4) is 0 Å². The quantitative estimate of drug-likeness (QED) is 0.294. The van der Waals surface area contributed by atoms with E-state index in [2.05, 4.69) is 16.7 Å². The van der Waals surface area contributed by atoms with Gasteiger partial charge in [0, 0.05) is 6.54 Å². The molecule has 1 aliphatic rings. The normalized spacial score (nSPS) is 13.5. The van der Waals surface area contributed by atoms with E-state index >= 15 is 0 Å². The first-order valence-corrected chi connectivity index (χ1v) is 9.70. The Hall–Kier alpha value is -3.60. The number of rotatable bonds is 8. The highest BCUT2D eigenvalue weighted by Crippen LogP contribution is 2.19. The first kappa shape index (κ1) is 22.7. The van der Waals surface area contributed by atoms with Crippen molar-refractivity contribution in [3.63, 3.8) is 0 Å². The summed E-state index contributed by atoms with van der Waals surface area (Å²) in [5.74, 6) is -1.17. The number of nitrogens with one attached hydrogen (secondary N) is 2. The lowest BCUT2D eigenvalue weighted by Crippen LogP contribution is -2.41. The van der Waals surface area contributed by atoms with Crippen LogP contribution in [0.5, 0.6) is 5.75 Å². The summed E-state index contributed by atoms with van der Waals surface area (Å²) < 4.78 is 9.91. The third-order valence-electron chi connectivity index (χ3n) is 4.45. The van der Waals surface area contributed by atoms with Crippen molar-refractivity contribution in [2.24, 2.45) is 0 Å². The van der Waals surface area contributed by atoms with E-state index in [4.69, 9.17) is 9.47 Å². The lowest BCUT2D eigenvalue weighted by atomic mass is 9.97. The van der Waals surface area contributed by atoms with Gasteiger partial charge in [-0.2, -0.15) is 5.26 Å². The van der Waals surface area contributed by atoms with Gasteiger partial charge in [-0.1, -0.05) is 23.8 Å². The fourth-order valence-electron chi connectivity index (χ4n) is 2.92. The third-order valence-corrected chi connectivity index (χ3v) is 4.45. The van der Waals surface area contributed by atoms with Crippen LogP contribution in [0.25, 0.3) is 6.08 Å². The number of carbonyl (C=O) groups is 3. The van der Waals surface area contributed by atoms with Crippen LogP contribution < -0.4 is 15.4 Å². The molecule has 2 N–H and O–H groups in total. The molecule has 0 unspecified atom stereocenters. The van der Waals surface area contributed by atoms with Crippen LogP contribution >= 0.6 is 0 Å². The smallest absolute Gasteiger partial charge is 0.349 e. The molecule has 0 saturated heterocycles. The molecular weight excluding hydrogens is 386 g/mol. The average molecular weight is 411 g/mol. The van der Waals surface area contributed by atoms with Crippen LogP contribution in [0.15, 0.2) is 41.5 Å². The van der Waals surface area contributed by atoms with Gasteiger partial charge in [0.15, 0.2) is 6.61 Å². The zero-order chi connectivity index (χ0) is 21.8. The van der Waals surface area contributed by atoms with Crippen molar-refractivity contribution >= 4 is 24.0 Å². The van der Waals surface area contributed by atoms with E-state index < -0.39 is 24.5 Å². The summed E-state index contributed by atoms with van der Waals surface area (Å²) >= 11 is 0. The molecule has 30 heavy (non-hydrogen) atoms. The van der Waals surface area contributed by atoms with Gasteiger partial charge in [0.2, 0.25) is 0 Å². The molecule has 8 heteroatoms. The molecule has 158 valence electrons. The highest BCUT2D eigenvalue weighted by atomic mass is 16.5. The van der Waals surface area contributed by atoms with E-state index in [-0.39, 0.29) is 5.57 Å². The van der Waals surface area contributed by atoms with Gasteiger partial charge in [0.05, 0.1) is 7.11 Å². The van der Waals surface area contributed by atoms with Crippen LogP contribution in [0, 0.1) is 11.3 Å². The van der Waals surface area contributed by atoms with Crippen molar-refractivity contribution in [2.45, 2.75) is 32.1 Å². The summed E-state index contributed by atoms with van der Waals surface area (Å²) in [5, 5.41) is 13.9.